The smallest absolute Gasteiger partial charge is 0.0643 e. The second-order valence-corrected chi connectivity index (χ2v) is 5.35. The van der Waals surface area contributed by atoms with Gasteiger partial charge in [0.2, 0.25) is 0 Å². The van der Waals surface area contributed by atoms with E-state index in [1.807, 2.05) is 16.9 Å². The van der Waals surface area contributed by atoms with Crippen molar-refractivity contribution in [1.82, 2.24) is 9.78 Å². The lowest BCUT2D eigenvalue weighted by molar-refractivity contribution is 0.472. The number of hydrogen-bond acceptors (Lipinski definition) is 3. The van der Waals surface area contributed by atoms with E-state index in [0.717, 1.165) is 18.5 Å². The van der Waals surface area contributed by atoms with E-state index in [9.17, 15) is 0 Å². The third-order valence-electron chi connectivity index (χ3n) is 3.04. The highest BCUT2D eigenvalue weighted by atomic mass is 32.1. The van der Waals surface area contributed by atoms with Crippen LogP contribution in [0.5, 0.6) is 0 Å². The van der Waals surface area contributed by atoms with Crippen molar-refractivity contribution in [2.45, 2.75) is 38.8 Å². The Kier molecular flexibility index (Phi) is 3.97. The van der Waals surface area contributed by atoms with Crippen LogP contribution in [0.25, 0.3) is 0 Å². The van der Waals surface area contributed by atoms with Crippen LogP contribution in [0.4, 0.5) is 0 Å². The summed E-state index contributed by atoms with van der Waals surface area (Å²) in [4.78, 5) is 1.23. The second kappa shape index (κ2) is 5.47. The number of rotatable bonds is 5. The Morgan fingerprint density at radius 3 is 2.94 bits per heavy atom. The molecule has 17 heavy (non-hydrogen) atoms. The number of nitrogens with two attached hydrogens (primary N) is 1. The fourth-order valence-electron chi connectivity index (χ4n) is 1.75. The Morgan fingerprint density at radius 2 is 2.29 bits per heavy atom. The summed E-state index contributed by atoms with van der Waals surface area (Å²) >= 11 is 1.71. The minimum Gasteiger partial charge on any atom is -0.323 e. The van der Waals surface area contributed by atoms with Crippen molar-refractivity contribution < 1.29 is 0 Å². The maximum Gasteiger partial charge on any atom is 0.0643 e. The Morgan fingerprint density at radius 1 is 1.47 bits per heavy atom. The molecule has 3 nitrogen and oxygen atoms in total. The molecule has 2 N–H and O–H groups in total. The molecule has 0 saturated heterocycles. The van der Waals surface area contributed by atoms with Crippen LogP contribution in [-0.2, 0) is 6.42 Å². The number of hydrogen-bond donors (Lipinski definition) is 1. The highest BCUT2D eigenvalue weighted by Gasteiger charge is 2.11. The highest BCUT2D eigenvalue weighted by Crippen LogP contribution is 2.20. The molecular weight excluding hydrogens is 230 g/mol. The van der Waals surface area contributed by atoms with Gasteiger partial charge in [-0.2, -0.15) is 5.10 Å². The first-order chi connectivity index (χ1) is 8.20. The first-order valence-corrected chi connectivity index (χ1v) is 6.91. The van der Waals surface area contributed by atoms with Gasteiger partial charge in [-0.3, -0.25) is 4.68 Å². The van der Waals surface area contributed by atoms with Crippen LogP contribution < -0.4 is 5.73 Å². The van der Waals surface area contributed by atoms with Gasteiger partial charge in [0, 0.05) is 29.6 Å². The molecular formula is C13H19N3S. The minimum atomic E-state index is 0.0651. The van der Waals surface area contributed by atoms with E-state index in [1.54, 1.807) is 11.3 Å². The standard InChI is InChI=1S/C13H19N3S/c1-3-10(2)16-7-6-11(15-16)9-12(14)13-5-4-8-17-13/h4-8,10,12H,3,9,14H2,1-2H3. The Labute approximate surface area is 106 Å². The normalized spacial score (nSPS) is 14.8. The van der Waals surface area contributed by atoms with E-state index in [-0.39, 0.29) is 6.04 Å². The summed E-state index contributed by atoms with van der Waals surface area (Å²) in [6, 6.07) is 6.72. The van der Waals surface area contributed by atoms with Gasteiger partial charge in [-0.05, 0) is 30.9 Å². The van der Waals surface area contributed by atoms with E-state index in [2.05, 4.69) is 36.5 Å². The zero-order valence-corrected chi connectivity index (χ0v) is 11.2. The Bertz CT molecular complexity index is 447. The van der Waals surface area contributed by atoms with Crippen LogP contribution >= 0.6 is 11.3 Å². The summed E-state index contributed by atoms with van der Waals surface area (Å²) in [6.45, 7) is 4.35. The van der Waals surface area contributed by atoms with Crippen molar-refractivity contribution in [2.24, 2.45) is 5.73 Å². The quantitative estimate of drug-likeness (QED) is 0.884. The maximum absolute atomic E-state index is 6.15. The van der Waals surface area contributed by atoms with Crippen molar-refractivity contribution in [1.29, 1.82) is 0 Å². The molecule has 0 spiro atoms. The van der Waals surface area contributed by atoms with Crippen molar-refractivity contribution in [3.05, 3.63) is 40.3 Å². The molecule has 0 amide bonds. The summed E-state index contributed by atoms with van der Waals surface area (Å²) in [6.07, 6.45) is 3.95. The Balaban J connectivity index is 2.02. The molecule has 0 radical (unpaired) electrons. The third-order valence-corrected chi connectivity index (χ3v) is 4.05. The summed E-state index contributed by atoms with van der Waals surface area (Å²) < 4.78 is 2.02. The first kappa shape index (κ1) is 12.3. The molecule has 92 valence electrons. The largest absolute Gasteiger partial charge is 0.323 e. The molecule has 0 fully saturated rings. The molecule has 2 rings (SSSR count). The van der Waals surface area contributed by atoms with Crippen LogP contribution in [0.15, 0.2) is 29.8 Å². The van der Waals surface area contributed by atoms with Crippen LogP contribution in [0.2, 0.25) is 0 Å². The zero-order chi connectivity index (χ0) is 12.3. The molecule has 4 heteroatoms. The molecule has 2 unspecified atom stereocenters. The predicted octanol–water partition coefficient (Wildman–Crippen LogP) is 3.16. The SMILES string of the molecule is CCC(C)n1ccc(CC(N)c2cccs2)n1. The van der Waals surface area contributed by atoms with Crippen molar-refractivity contribution in [3.63, 3.8) is 0 Å². The lowest BCUT2D eigenvalue weighted by atomic mass is 10.1. The summed E-state index contributed by atoms with van der Waals surface area (Å²) in [5, 5.41) is 6.63. The number of aromatic nitrogens is 2. The van der Waals surface area contributed by atoms with Crippen molar-refractivity contribution >= 4 is 11.3 Å². The molecule has 0 aliphatic rings. The highest BCUT2D eigenvalue weighted by molar-refractivity contribution is 7.10. The van der Waals surface area contributed by atoms with E-state index < -0.39 is 0 Å². The summed E-state index contributed by atoms with van der Waals surface area (Å²) in [7, 11) is 0. The average molecular weight is 249 g/mol. The first-order valence-electron chi connectivity index (χ1n) is 6.03. The van der Waals surface area contributed by atoms with Crippen LogP contribution in [0, 0.1) is 0 Å². The van der Waals surface area contributed by atoms with Gasteiger partial charge in [0.05, 0.1) is 5.69 Å². The van der Waals surface area contributed by atoms with Gasteiger partial charge in [-0.25, -0.2) is 0 Å². The lowest BCUT2D eigenvalue weighted by Crippen LogP contribution is -2.13. The van der Waals surface area contributed by atoms with Gasteiger partial charge in [-0.1, -0.05) is 13.0 Å². The van der Waals surface area contributed by atoms with Crippen LogP contribution in [0.3, 0.4) is 0 Å². The van der Waals surface area contributed by atoms with Crippen LogP contribution in [-0.4, -0.2) is 9.78 Å². The van der Waals surface area contributed by atoms with Gasteiger partial charge in [0.1, 0.15) is 0 Å². The molecule has 2 aromatic rings. The predicted molar refractivity (Wildman–Crippen MR) is 72.2 cm³/mol. The third kappa shape index (κ3) is 2.96. The average Bonchev–Trinajstić information content (AvgIpc) is 2.98. The maximum atomic E-state index is 6.15. The van der Waals surface area contributed by atoms with Gasteiger partial charge in [-0.15, -0.1) is 11.3 Å². The monoisotopic (exact) mass is 249 g/mol. The van der Waals surface area contributed by atoms with Gasteiger partial charge in [0.15, 0.2) is 0 Å². The van der Waals surface area contributed by atoms with Crippen LogP contribution in [0.1, 0.15) is 42.9 Å². The zero-order valence-electron chi connectivity index (χ0n) is 10.3. The van der Waals surface area contributed by atoms with E-state index in [4.69, 9.17) is 5.73 Å². The molecule has 0 aromatic carbocycles. The fourth-order valence-corrected chi connectivity index (χ4v) is 2.48. The van der Waals surface area contributed by atoms with Crippen molar-refractivity contribution in [2.75, 3.05) is 0 Å². The summed E-state index contributed by atoms with van der Waals surface area (Å²) in [5.41, 5.74) is 7.23. The second-order valence-electron chi connectivity index (χ2n) is 4.37. The summed E-state index contributed by atoms with van der Waals surface area (Å²) in [5.74, 6) is 0. The number of nitrogens with zero attached hydrogens (tertiary/aromatic N) is 2. The molecule has 0 bridgehead atoms. The van der Waals surface area contributed by atoms with Crippen molar-refractivity contribution in [3.8, 4) is 0 Å². The molecule has 2 aromatic heterocycles. The molecule has 2 heterocycles. The van der Waals surface area contributed by atoms with E-state index in [1.165, 1.54) is 4.88 Å². The molecule has 0 saturated carbocycles. The van der Waals surface area contributed by atoms with Gasteiger partial charge in [0.25, 0.3) is 0 Å². The minimum absolute atomic E-state index is 0.0651. The van der Waals surface area contributed by atoms with E-state index >= 15 is 0 Å². The lowest BCUT2D eigenvalue weighted by Gasteiger charge is -2.09. The van der Waals surface area contributed by atoms with Gasteiger partial charge >= 0.3 is 0 Å². The molecule has 0 aliphatic carbocycles. The topological polar surface area (TPSA) is 43.8 Å². The molecule has 0 aliphatic heterocycles. The number of thiophene rings is 1. The molecule has 2 atom stereocenters. The Hall–Kier alpha value is -1.13. The van der Waals surface area contributed by atoms with E-state index in [0.29, 0.717) is 6.04 Å². The van der Waals surface area contributed by atoms with Gasteiger partial charge < -0.3 is 5.73 Å². The fraction of sp³-hybridized carbons (Fsp3) is 0.462.